The molecule has 1 aliphatic heterocycles. The first-order chi connectivity index (χ1) is 12.2. The average Bonchev–Trinajstić information content (AvgIpc) is 3.33. The Morgan fingerprint density at radius 2 is 1.88 bits per heavy atom. The first-order valence-corrected chi connectivity index (χ1v) is 9.29. The van der Waals surface area contributed by atoms with Crippen LogP contribution in [0.3, 0.4) is 0 Å². The number of nitrogens with zero attached hydrogens (tertiary/aromatic N) is 3. The fraction of sp³-hybridized carbons (Fsp3) is 0.263. The lowest BCUT2D eigenvalue weighted by molar-refractivity contribution is 0.0746. The Morgan fingerprint density at radius 1 is 1.12 bits per heavy atom. The first kappa shape index (κ1) is 15.9. The van der Waals surface area contributed by atoms with Crippen molar-refractivity contribution >= 4 is 23.1 Å². The van der Waals surface area contributed by atoms with E-state index in [0.29, 0.717) is 13.1 Å². The molecule has 0 bridgehead atoms. The minimum atomic E-state index is 0.112. The lowest BCUT2D eigenvalue weighted by atomic mass is 10.1. The van der Waals surface area contributed by atoms with Crippen LogP contribution >= 0.6 is 11.3 Å². The van der Waals surface area contributed by atoms with Crippen LogP contribution in [0.25, 0.3) is 10.6 Å². The highest BCUT2D eigenvalue weighted by molar-refractivity contribution is 7.13. The molecule has 2 aromatic heterocycles. The number of carbonyl (C=O) groups is 1. The molecule has 1 aromatic carbocycles. The van der Waals surface area contributed by atoms with Gasteiger partial charge in [0.25, 0.3) is 5.91 Å². The van der Waals surface area contributed by atoms with E-state index in [1.54, 1.807) is 11.3 Å². The van der Waals surface area contributed by atoms with Gasteiger partial charge in [-0.2, -0.15) is 5.10 Å². The van der Waals surface area contributed by atoms with Crippen molar-refractivity contribution in [2.24, 2.45) is 0 Å². The fourth-order valence-corrected chi connectivity index (χ4v) is 3.74. The molecule has 3 heterocycles. The van der Waals surface area contributed by atoms with Gasteiger partial charge in [0.05, 0.1) is 10.6 Å². The number of anilines is 1. The molecule has 0 unspecified atom stereocenters. The third-order valence-electron chi connectivity index (χ3n) is 4.54. The highest BCUT2D eigenvalue weighted by atomic mass is 32.1. The Balaban J connectivity index is 1.40. The summed E-state index contributed by atoms with van der Waals surface area (Å²) in [5.74, 6) is 1.06. The van der Waals surface area contributed by atoms with Gasteiger partial charge in [0.1, 0.15) is 0 Å². The molecule has 128 valence electrons. The van der Waals surface area contributed by atoms with E-state index in [9.17, 15) is 4.79 Å². The Bertz CT molecular complexity index is 846. The number of aromatic amines is 1. The van der Waals surface area contributed by atoms with Gasteiger partial charge >= 0.3 is 0 Å². The summed E-state index contributed by atoms with van der Waals surface area (Å²) in [7, 11) is 0. The van der Waals surface area contributed by atoms with Crippen LogP contribution in [-0.2, 0) is 0 Å². The molecule has 0 radical (unpaired) electrons. The van der Waals surface area contributed by atoms with Crippen molar-refractivity contribution in [2.75, 3.05) is 31.1 Å². The number of hydrogen-bond donors (Lipinski definition) is 1. The van der Waals surface area contributed by atoms with Gasteiger partial charge in [0, 0.05) is 37.8 Å². The number of hydrogen-bond acceptors (Lipinski definition) is 4. The number of aryl methyl sites for hydroxylation is 1. The second-order valence-electron chi connectivity index (χ2n) is 6.26. The number of benzene rings is 1. The molecule has 0 saturated carbocycles. The van der Waals surface area contributed by atoms with Crippen LogP contribution in [0.2, 0.25) is 0 Å². The van der Waals surface area contributed by atoms with E-state index in [1.165, 1.54) is 10.4 Å². The molecule has 1 N–H and O–H groups in total. The van der Waals surface area contributed by atoms with Crippen molar-refractivity contribution in [1.82, 2.24) is 15.1 Å². The molecule has 0 spiro atoms. The summed E-state index contributed by atoms with van der Waals surface area (Å²) in [5, 5.41) is 9.61. The molecule has 4 rings (SSSR count). The molecule has 0 atom stereocenters. The van der Waals surface area contributed by atoms with Gasteiger partial charge in [0.15, 0.2) is 5.82 Å². The number of thiophene rings is 1. The monoisotopic (exact) mass is 352 g/mol. The van der Waals surface area contributed by atoms with Crippen molar-refractivity contribution < 1.29 is 4.79 Å². The van der Waals surface area contributed by atoms with Gasteiger partial charge < -0.3 is 9.80 Å². The van der Waals surface area contributed by atoms with E-state index in [0.717, 1.165) is 30.2 Å². The number of H-pyrrole nitrogens is 1. The van der Waals surface area contributed by atoms with E-state index in [1.807, 2.05) is 42.2 Å². The van der Waals surface area contributed by atoms with Gasteiger partial charge in [-0.3, -0.25) is 9.89 Å². The van der Waals surface area contributed by atoms with Crippen molar-refractivity contribution in [3.63, 3.8) is 0 Å². The van der Waals surface area contributed by atoms with E-state index in [-0.39, 0.29) is 5.91 Å². The Kier molecular flexibility index (Phi) is 4.28. The number of nitrogens with one attached hydrogen (secondary N) is 1. The van der Waals surface area contributed by atoms with Crippen LogP contribution in [0.4, 0.5) is 5.82 Å². The Morgan fingerprint density at radius 3 is 2.56 bits per heavy atom. The lowest BCUT2D eigenvalue weighted by Crippen LogP contribution is -2.48. The topological polar surface area (TPSA) is 52.2 Å². The molecule has 1 amide bonds. The van der Waals surface area contributed by atoms with E-state index in [2.05, 4.69) is 32.6 Å². The largest absolute Gasteiger partial charge is 0.352 e. The zero-order chi connectivity index (χ0) is 17.2. The van der Waals surface area contributed by atoms with E-state index >= 15 is 0 Å². The summed E-state index contributed by atoms with van der Waals surface area (Å²) in [6.07, 6.45) is 0. The zero-order valence-corrected chi connectivity index (χ0v) is 14.9. The number of rotatable bonds is 3. The maximum absolute atomic E-state index is 12.6. The molecule has 3 aromatic rings. The number of carbonyl (C=O) groups excluding carboxylic acids is 1. The van der Waals surface area contributed by atoms with Crippen LogP contribution in [0.1, 0.15) is 15.9 Å². The number of piperazine rings is 1. The van der Waals surface area contributed by atoms with Gasteiger partial charge in [-0.15, -0.1) is 11.3 Å². The van der Waals surface area contributed by atoms with Crippen LogP contribution in [0.15, 0.2) is 47.8 Å². The Labute approximate surface area is 150 Å². The van der Waals surface area contributed by atoms with Crippen LogP contribution in [-0.4, -0.2) is 47.2 Å². The molecule has 1 aliphatic rings. The summed E-state index contributed by atoms with van der Waals surface area (Å²) < 4.78 is 0. The molecular weight excluding hydrogens is 332 g/mol. The maximum Gasteiger partial charge on any atom is 0.253 e. The van der Waals surface area contributed by atoms with Crippen molar-refractivity contribution in [3.05, 3.63) is 59.0 Å². The van der Waals surface area contributed by atoms with Crippen molar-refractivity contribution in [1.29, 1.82) is 0 Å². The van der Waals surface area contributed by atoms with Gasteiger partial charge in [-0.1, -0.05) is 23.8 Å². The number of aromatic nitrogens is 2. The second-order valence-corrected chi connectivity index (χ2v) is 7.21. The second kappa shape index (κ2) is 6.72. The molecular formula is C19H20N4OS. The molecule has 6 heteroatoms. The van der Waals surface area contributed by atoms with Crippen LogP contribution < -0.4 is 4.90 Å². The first-order valence-electron chi connectivity index (χ1n) is 8.41. The smallest absolute Gasteiger partial charge is 0.253 e. The molecule has 1 fully saturated rings. The summed E-state index contributed by atoms with van der Waals surface area (Å²) in [5.41, 5.74) is 2.98. The molecule has 5 nitrogen and oxygen atoms in total. The minimum absolute atomic E-state index is 0.112. The summed E-state index contributed by atoms with van der Waals surface area (Å²) in [4.78, 5) is 17.9. The lowest BCUT2D eigenvalue weighted by Gasteiger charge is -2.34. The van der Waals surface area contributed by atoms with Crippen LogP contribution in [0.5, 0.6) is 0 Å². The SMILES string of the molecule is Cc1ccc(C(=O)N2CCN(c3cc(-c4cccs4)[nH]n3)CC2)cc1. The van der Waals surface area contributed by atoms with E-state index in [4.69, 9.17) is 0 Å². The molecule has 0 aliphatic carbocycles. The third kappa shape index (κ3) is 3.30. The maximum atomic E-state index is 12.6. The highest BCUT2D eigenvalue weighted by Crippen LogP contribution is 2.26. The molecule has 1 saturated heterocycles. The molecule has 25 heavy (non-hydrogen) atoms. The van der Waals surface area contributed by atoms with E-state index < -0.39 is 0 Å². The zero-order valence-electron chi connectivity index (χ0n) is 14.1. The predicted octanol–water partition coefficient (Wildman–Crippen LogP) is 3.41. The minimum Gasteiger partial charge on any atom is -0.352 e. The summed E-state index contributed by atoms with van der Waals surface area (Å²) >= 11 is 1.70. The third-order valence-corrected chi connectivity index (χ3v) is 5.44. The standard InChI is InChI=1S/C19H20N4OS/c1-14-4-6-15(7-5-14)19(24)23-10-8-22(9-11-23)18-13-16(20-21-18)17-3-2-12-25-17/h2-7,12-13H,8-11H2,1H3,(H,20,21). The Hall–Kier alpha value is -2.60. The fourth-order valence-electron chi connectivity index (χ4n) is 3.05. The van der Waals surface area contributed by atoms with Gasteiger partial charge in [-0.05, 0) is 30.5 Å². The van der Waals surface area contributed by atoms with Crippen LogP contribution in [0, 0.1) is 6.92 Å². The number of amides is 1. The highest BCUT2D eigenvalue weighted by Gasteiger charge is 2.23. The van der Waals surface area contributed by atoms with Crippen molar-refractivity contribution in [3.8, 4) is 10.6 Å². The normalized spacial score (nSPS) is 14.8. The summed E-state index contributed by atoms with van der Waals surface area (Å²) in [6, 6.07) is 14.0. The van der Waals surface area contributed by atoms with Crippen molar-refractivity contribution in [2.45, 2.75) is 6.92 Å². The van der Waals surface area contributed by atoms with Gasteiger partial charge in [0.2, 0.25) is 0 Å². The average molecular weight is 352 g/mol. The predicted molar refractivity (Wildman–Crippen MR) is 101 cm³/mol. The summed E-state index contributed by atoms with van der Waals surface area (Å²) in [6.45, 7) is 5.06. The van der Waals surface area contributed by atoms with Gasteiger partial charge in [-0.25, -0.2) is 0 Å². The quantitative estimate of drug-likeness (QED) is 0.786.